The van der Waals surface area contributed by atoms with Gasteiger partial charge in [-0.15, -0.1) is 13.2 Å². The van der Waals surface area contributed by atoms with Crippen molar-refractivity contribution in [1.82, 2.24) is 14.5 Å². The van der Waals surface area contributed by atoms with Crippen molar-refractivity contribution in [2.45, 2.75) is 25.2 Å². The summed E-state index contributed by atoms with van der Waals surface area (Å²) >= 11 is 0. The van der Waals surface area contributed by atoms with Crippen molar-refractivity contribution in [3.8, 4) is 5.75 Å². The molecular formula is C16H18F3N3O. The van der Waals surface area contributed by atoms with Gasteiger partial charge in [-0.25, -0.2) is 4.98 Å². The Labute approximate surface area is 132 Å². The Morgan fingerprint density at radius 1 is 1.26 bits per heavy atom. The largest absolute Gasteiger partial charge is 0.573 e. The molecule has 1 aromatic heterocycles. The van der Waals surface area contributed by atoms with Crippen molar-refractivity contribution < 1.29 is 17.9 Å². The van der Waals surface area contributed by atoms with E-state index >= 15 is 0 Å². The number of ether oxygens (including phenoxy) is 1. The molecule has 1 saturated heterocycles. The smallest absolute Gasteiger partial charge is 0.406 e. The predicted octanol–water partition coefficient (Wildman–Crippen LogP) is 3.31. The minimum atomic E-state index is -4.65. The molecule has 0 bridgehead atoms. The summed E-state index contributed by atoms with van der Waals surface area (Å²) in [7, 11) is 1.99. The standard InChI is InChI=1S/C16H18F3N3O/c1-21-9-7-20-15(21)13-6-8-22(11-13)10-12-2-4-14(5-3-12)23-16(17,18)19/h2-5,7,9,13H,6,8,10-11H2,1H3/t13-/m0/s1. The maximum absolute atomic E-state index is 12.1. The lowest BCUT2D eigenvalue weighted by Gasteiger charge is -2.16. The molecule has 1 fully saturated rings. The van der Waals surface area contributed by atoms with E-state index in [0.717, 1.165) is 30.9 Å². The van der Waals surface area contributed by atoms with Crippen molar-refractivity contribution in [3.05, 3.63) is 48.0 Å². The van der Waals surface area contributed by atoms with Gasteiger partial charge in [-0.3, -0.25) is 4.90 Å². The van der Waals surface area contributed by atoms with Crippen molar-refractivity contribution in [3.63, 3.8) is 0 Å². The van der Waals surface area contributed by atoms with Gasteiger partial charge in [-0.05, 0) is 30.7 Å². The quantitative estimate of drug-likeness (QED) is 0.864. The third-order valence-corrected chi connectivity index (χ3v) is 4.06. The van der Waals surface area contributed by atoms with Crippen LogP contribution in [0.15, 0.2) is 36.7 Å². The number of likely N-dealkylation sites (tertiary alicyclic amines) is 1. The molecule has 0 amide bonds. The van der Waals surface area contributed by atoms with E-state index in [2.05, 4.69) is 14.6 Å². The average Bonchev–Trinajstić information content (AvgIpc) is 3.08. The first-order chi connectivity index (χ1) is 10.9. The Balaban J connectivity index is 1.57. The van der Waals surface area contributed by atoms with Crippen molar-refractivity contribution in [2.24, 2.45) is 7.05 Å². The molecule has 1 aliphatic rings. The Hall–Kier alpha value is -2.02. The van der Waals surface area contributed by atoms with Gasteiger partial charge in [0.15, 0.2) is 0 Å². The molecule has 1 atom stereocenters. The predicted molar refractivity (Wildman–Crippen MR) is 79.0 cm³/mol. The minimum absolute atomic E-state index is 0.187. The number of imidazole rings is 1. The van der Waals surface area contributed by atoms with Crippen LogP contribution in [-0.2, 0) is 13.6 Å². The highest BCUT2D eigenvalue weighted by molar-refractivity contribution is 5.27. The Bertz CT molecular complexity index is 651. The molecule has 0 radical (unpaired) electrons. The number of halogens is 3. The molecule has 3 rings (SSSR count). The Morgan fingerprint density at radius 3 is 2.61 bits per heavy atom. The summed E-state index contributed by atoms with van der Waals surface area (Å²) in [5.74, 6) is 1.30. The summed E-state index contributed by atoms with van der Waals surface area (Å²) in [5.41, 5.74) is 0.972. The first kappa shape index (κ1) is 15.9. The van der Waals surface area contributed by atoms with Crippen molar-refractivity contribution in [2.75, 3.05) is 13.1 Å². The van der Waals surface area contributed by atoms with E-state index in [9.17, 15) is 13.2 Å². The van der Waals surface area contributed by atoms with Crippen LogP contribution >= 0.6 is 0 Å². The lowest BCUT2D eigenvalue weighted by molar-refractivity contribution is -0.274. The summed E-state index contributed by atoms with van der Waals surface area (Å²) in [6, 6.07) is 6.06. The fourth-order valence-electron chi connectivity index (χ4n) is 3.01. The number of hydrogen-bond donors (Lipinski definition) is 0. The normalized spacial score (nSPS) is 19.2. The lowest BCUT2D eigenvalue weighted by Crippen LogP contribution is -2.20. The third kappa shape index (κ3) is 4.04. The molecule has 0 aliphatic carbocycles. The Kier molecular flexibility index (Phi) is 4.30. The molecule has 2 heterocycles. The molecule has 124 valence electrons. The molecule has 0 unspecified atom stereocenters. The van der Waals surface area contributed by atoms with Crippen molar-refractivity contribution in [1.29, 1.82) is 0 Å². The molecule has 0 N–H and O–H groups in total. The number of aromatic nitrogens is 2. The van der Waals surface area contributed by atoms with E-state index in [1.54, 1.807) is 18.3 Å². The van der Waals surface area contributed by atoms with E-state index in [4.69, 9.17) is 0 Å². The topological polar surface area (TPSA) is 30.3 Å². The van der Waals surface area contributed by atoms with Gasteiger partial charge in [0.1, 0.15) is 11.6 Å². The van der Waals surface area contributed by atoms with E-state index in [-0.39, 0.29) is 5.75 Å². The molecule has 1 aromatic carbocycles. The SMILES string of the molecule is Cn1ccnc1[C@H]1CCN(Cc2ccc(OC(F)(F)F)cc2)C1. The lowest BCUT2D eigenvalue weighted by atomic mass is 10.1. The van der Waals surface area contributed by atoms with Gasteiger partial charge in [0.25, 0.3) is 0 Å². The molecule has 2 aromatic rings. The van der Waals surface area contributed by atoms with E-state index in [0.29, 0.717) is 12.5 Å². The van der Waals surface area contributed by atoms with E-state index in [1.807, 2.05) is 17.8 Å². The first-order valence-electron chi connectivity index (χ1n) is 7.45. The van der Waals surface area contributed by atoms with Crippen LogP contribution in [0.3, 0.4) is 0 Å². The second-order valence-electron chi connectivity index (χ2n) is 5.81. The van der Waals surface area contributed by atoms with E-state index in [1.165, 1.54) is 12.1 Å². The van der Waals surface area contributed by atoms with Gasteiger partial charge >= 0.3 is 6.36 Å². The number of rotatable bonds is 4. The van der Waals surface area contributed by atoms with Gasteiger partial charge in [0.05, 0.1) is 0 Å². The zero-order valence-electron chi connectivity index (χ0n) is 12.8. The van der Waals surface area contributed by atoms with Crippen LogP contribution in [-0.4, -0.2) is 33.9 Å². The zero-order valence-corrected chi connectivity index (χ0v) is 12.8. The van der Waals surface area contributed by atoms with Crippen LogP contribution in [0.25, 0.3) is 0 Å². The molecule has 4 nitrogen and oxygen atoms in total. The van der Waals surface area contributed by atoms with Gasteiger partial charge in [0.2, 0.25) is 0 Å². The summed E-state index contributed by atoms with van der Waals surface area (Å²) in [6.07, 6.45) is 0.139. The second kappa shape index (κ2) is 6.23. The molecule has 23 heavy (non-hydrogen) atoms. The van der Waals surface area contributed by atoms with Crippen LogP contribution < -0.4 is 4.74 Å². The number of hydrogen-bond acceptors (Lipinski definition) is 3. The highest BCUT2D eigenvalue weighted by Crippen LogP contribution is 2.27. The van der Waals surface area contributed by atoms with Crippen LogP contribution in [0.5, 0.6) is 5.75 Å². The fraction of sp³-hybridized carbons (Fsp3) is 0.438. The third-order valence-electron chi connectivity index (χ3n) is 4.06. The number of aryl methyl sites for hydroxylation is 1. The van der Waals surface area contributed by atoms with Gasteiger partial charge in [0, 0.05) is 38.4 Å². The maximum atomic E-state index is 12.1. The monoisotopic (exact) mass is 325 g/mol. The first-order valence-corrected chi connectivity index (χ1v) is 7.45. The molecular weight excluding hydrogens is 307 g/mol. The number of nitrogens with zero attached hydrogens (tertiary/aromatic N) is 3. The summed E-state index contributed by atoms with van der Waals surface area (Å²) in [5, 5.41) is 0. The summed E-state index contributed by atoms with van der Waals surface area (Å²) in [4.78, 5) is 6.69. The highest BCUT2D eigenvalue weighted by atomic mass is 19.4. The van der Waals surface area contributed by atoms with Gasteiger partial charge in [-0.1, -0.05) is 12.1 Å². The zero-order chi connectivity index (χ0) is 16.4. The van der Waals surface area contributed by atoms with Crippen LogP contribution in [0.2, 0.25) is 0 Å². The molecule has 0 spiro atoms. The highest BCUT2D eigenvalue weighted by Gasteiger charge is 2.31. The van der Waals surface area contributed by atoms with Crippen LogP contribution in [0.4, 0.5) is 13.2 Å². The number of benzene rings is 1. The average molecular weight is 325 g/mol. The van der Waals surface area contributed by atoms with Crippen LogP contribution in [0.1, 0.15) is 23.7 Å². The second-order valence-corrected chi connectivity index (χ2v) is 5.81. The fourth-order valence-corrected chi connectivity index (χ4v) is 3.01. The molecule has 7 heteroatoms. The van der Waals surface area contributed by atoms with Crippen LogP contribution in [0, 0.1) is 0 Å². The minimum Gasteiger partial charge on any atom is -0.406 e. The summed E-state index contributed by atoms with van der Waals surface area (Å²) in [6.45, 7) is 2.58. The Morgan fingerprint density at radius 2 is 2.00 bits per heavy atom. The molecule has 0 saturated carbocycles. The van der Waals surface area contributed by atoms with Crippen molar-refractivity contribution >= 4 is 0 Å². The van der Waals surface area contributed by atoms with E-state index < -0.39 is 6.36 Å². The maximum Gasteiger partial charge on any atom is 0.573 e. The molecule has 1 aliphatic heterocycles. The summed E-state index contributed by atoms with van der Waals surface area (Å²) < 4.78 is 42.3. The number of alkyl halides is 3. The van der Waals surface area contributed by atoms with Gasteiger partial charge in [-0.2, -0.15) is 0 Å². The van der Waals surface area contributed by atoms with Gasteiger partial charge < -0.3 is 9.30 Å².